The number of rotatable bonds is 7. The van der Waals surface area contributed by atoms with E-state index in [0.717, 1.165) is 28.9 Å². The largest absolute Gasteiger partial charge is 0.489 e. The van der Waals surface area contributed by atoms with E-state index in [1.807, 2.05) is 81.0 Å². The Morgan fingerprint density at radius 3 is 2.82 bits per heavy atom. The topological polar surface area (TPSA) is 56.2 Å². The summed E-state index contributed by atoms with van der Waals surface area (Å²) in [6, 6.07) is 17.9. The number of benzene rings is 2. The molecule has 5 nitrogen and oxygen atoms in total. The molecule has 3 atom stereocenters. The molecule has 0 radical (unpaired) electrons. The summed E-state index contributed by atoms with van der Waals surface area (Å²) in [7, 11) is 1.90. The van der Waals surface area contributed by atoms with E-state index in [2.05, 4.69) is 10.4 Å². The first-order valence-corrected chi connectivity index (χ1v) is 9.66. The molecule has 0 bridgehead atoms. The van der Waals surface area contributed by atoms with Gasteiger partial charge in [-0.2, -0.15) is 5.10 Å². The van der Waals surface area contributed by atoms with Crippen molar-refractivity contribution in [3.8, 4) is 5.75 Å². The Hall–Kier alpha value is -3.08. The molecule has 1 fully saturated rings. The lowest BCUT2D eigenvalue weighted by Gasteiger charge is -2.16. The highest BCUT2D eigenvalue weighted by molar-refractivity contribution is 5.83. The number of amides is 1. The molecule has 28 heavy (non-hydrogen) atoms. The van der Waals surface area contributed by atoms with Crippen LogP contribution >= 0.6 is 0 Å². The first kappa shape index (κ1) is 18.3. The second-order valence-electron chi connectivity index (χ2n) is 7.47. The molecule has 1 aliphatic rings. The predicted molar refractivity (Wildman–Crippen MR) is 108 cm³/mol. The van der Waals surface area contributed by atoms with E-state index in [1.165, 1.54) is 0 Å². The normalized spacial score (nSPS) is 19.1. The standard InChI is InChI=1S/C23H25N3O2/c1-16(25-23(27)22-12-21(22)19-13-24-26(2)14-19)18-9-6-10-20(11-18)28-15-17-7-4-3-5-8-17/h3-11,13-14,16,21-22H,12,15H2,1-2H3,(H,25,27)/t16-,21-,22+/m0/s1. The minimum Gasteiger partial charge on any atom is -0.489 e. The van der Waals surface area contributed by atoms with Gasteiger partial charge in [-0.05, 0) is 48.1 Å². The summed E-state index contributed by atoms with van der Waals surface area (Å²) >= 11 is 0. The number of ether oxygens (including phenoxy) is 1. The Balaban J connectivity index is 1.33. The van der Waals surface area contributed by atoms with Crippen molar-refractivity contribution in [3.63, 3.8) is 0 Å². The number of aryl methyl sites for hydroxylation is 1. The van der Waals surface area contributed by atoms with Crippen LogP contribution in [0.5, 0.6) is 5.75 Å². The van der Waals surface area contributed by atoms with E-state index in [-0.39, 0.29) is 17.9 Å². The lowest BCUT2D eigenvalue weighted by molar-refractivity contribution is -0.123. The summed E-state index contributed by atoms with van der Waals surface area (Å²) < 4.78 is 7.69. The van der Waals surface area contributed by atoms with E-state index < -0.39 is 0 Å². The molecule has 0 spiro atoms. The van der Waals surface area contributed by atoms with E-state index in [1.54, 1.807) is 4.68 Å². The lowest BCUT2D eigenvalue weighted by atomic mass is 10.1. The Morgan fingerprint density at radius 1 is 1.25 bits per heavy atom. The minimum atomic E-state index is -0.0667. The van der Waals surface area contributed by atoms with Crippen molar-refractivity contribution in [2.75, 3.05) is 0 Å². The fourth-order valence-electron chi connectivity index (χ4n) is 3.50. The SMILES string of the molecule is C[C@H](NC(=O)[C@@H]1C[C@H]1c1cnn(C)c1)c1cccc(OCc2ccccc2)c1. The molecular weight excluding hydrogens is 350 g/mol. The van der Waals surface area contributed by atoms with Crippen LogP contribution in [0.15, 0.2) is 67.0 Å². The van der Waals surface area contributed by atoms with Gasteiger partial charge in [0, 0.05) is 19.2 Å². The zero-order valence-electron chi connectivity index (χ0n) is 16.2. The average Bonchev–Trinajstić information content (AvgIpc) is 3.41. The molecule has 0 unspecified atom stereocenters. The third-order valence-corrected chi connectivity index (χ3v) is 5.25. The monoisotopic (exact) mass is 375 g/mol. The number of carbonyl (C=O) groups excluding carboxylic acids is 1. The van der Waals surface area contributed by atoms with Crippen molar-refractivity contribution in [3.05, 3.63) is 83.7 Å². The van der Waals surface area contributed by atoms with E-state index >= 15 is 0 Å². The van der Waals surface area contributed by atoms with E-state index in [4.69, 9.17) is 4.74 Å². The van der Waals surface area contributed by atoms with Crippen LogP contribution in [0.3, 0.4) is 0 Å². The van der Waals surface area contributed by atoms with Crippen molar-refractivity contribution >= 4 is 5.91 Å². The minimum absolute atomic E-state index is 0.0455. The summed E-state index contributed by atoms with van der Waals surface area (Å²) in [4.78, 5) is 12.6. The maximum absolute atomic E-state index is 12.6. The molecule has 2 aromatic carbocycles. The Kier molecular flexibility index (Phi) is 5.15. The van der Waals surface area contributed by atoms with Crippen molar-refractivity contribution in [2.24, 2.45) is 13.0 Å². The molecule has 1 saturated carbocycles. The van der Waals surface area contributed by atoms with Gasteiger partial charge in [-0.25, -0.2) is 0 Å². The molecule has 1 amide bonds. The highest BCUT2D eigenvalue weighted by Gasteiger charge is 2.44. The number of hydrogen-bond donors (Lipinski definition) is 1. The van der Waals surface area contributed by atoms with Crippen LogP contribution in [0.1, 0.15) is 42.0 Å². The van der Waals surface area contributed by atoms with Crippen molar-refractivity contribution < 1.29 is 9.53 Å². The molecule has 3 aromatic rings. The molecule has 1 N–H and O–H groups in total. The molecule has 0 aliphatic heterocycles. The van der Waals surface area contributed by atoms with Crippen LogP contribution in [0.4, 0.5) is 0 Å². The van der Waals surface area contributed by atoms with Crippen LogP contribution in [0.2, 0.25) is 0 Å². The van der Waals surface area contributed by atoms with Gasteiger partial charge in [-0.3, -0.25) is 9.48 Å². The Morgan fingerprint density at radius 2 is 2.07 bits per heavy atom. The Labute approximate surface area is 165 Å². The quantitative estimate of drug-likeness (QED) is 0.680. The van der Waals surface area contributed by atoms with Gasteiger partial charge in [0.05, 0.1) is 12.2 Å². The average molecular weight is 375 g/mol. The number of carbonyl (C=O) groups is 1. The molecule has 0 saturated heterocycles. The molecular formula is C23H25N3O2. The van der Waals surface area contributed by atoms with Crippen molar-refractivity contribution in [1.29, 1.82) is 0 Å². The predicted octanol–water partition coefficient (Wildman–Crippen LogP) is 3.98. The Bertz CT molecular complexity index is 951. The molecule has 1 heterocycles. The van der Waals surface area contributed by atoms with Gasteiger partial charge < -0.3 is 10.1 Å². The fourth-order valence-corrected chi connectivity index (χ4v) is 3.50. The third kappa shape index (κ3) is 4.25. The van der Waals surface area contributed by atoms with Gasteiger partial charge in [0.1, 0.15) is 12.4 Å². The van der Waals surface area contributed by atoms with Crippen molar-refractivity contribution in [1.82, 2.24) is 15.1 Å². The number of nitrogens with one attached hydrogen (secondary N) is 1. The van der Waals surface area contributed by atoms with Gasteiger partial charge in [0.2, 0.25) is 5.91 Å². The summed E-state index contributed by atoms with van der Waals surface area (Å²) in [5.74, 6) is 1.25. The summed E-state index contributed by atoms with van der Waals surface area (Å²) in [5.41, 5.74) is 3.31. The van der Waals surface area contributed by atoms with Gasteiger partial charge in [-0.15, -0.1) is 0 Å². The first-order chi connectivity index (χ1) is 13.6. The maximum atomic E-state index is 12.6. The van der Waals surface area contributed by atoms with Gasteiger partial charge in [0.15, 0.2) is 0 Å². The van der Waals surface area contributed by atoms with Crippen LogP contribution in [0.25, 0.3) is 0 Å². The first-order valence-electron chi connectivity index (χ1n) is 9.66. The summed E-state index contributed by atoms with van der Waals surface area (Å²) in [5, 5.41) is 7.34. The molecule has 4 rings (SSSR count). The van der Waals surface area contributed by atoms with Gasteiger partial charge >= 0.3 is 0 Å². The highest BCUT2D eigenvalue weighted by atomic mass is 16.5. The lowest BCUT2D eigenvalue weighted by Crippen LogP contribution is -2.28. The second-order valence-corrected chi connectivity index (χ2v) is 7.47. The molecule has 1 aromatic heterocycles. The van der Waals surface area contributed by atoms with Crippen molar-refractivity contribution in [2.45, 2.75) is 31.9 Å². The number of nitrogens with zero attached hydrogens (tertiary/aromatic N) is 2. The van der Waals surface area contributed by atoms with Crippen LogP contribution < -0.4 is 10.1 Å². The zero-order chi connectivity index (χ0) is 19.5. The van der Waals surface area contributed by atoms with Crippen LogP contribution in [-0.4, -0.2) is 15.7 Å². The van der Waals surface area contributed by atoms with E-state index in [9.17, 15) is 4.79 Å². The maximum Gasteiger partial charge on any atom is 0.224 e. The number of aromatic nitrogens is 2. The zero-order valence-corrected chi connectivity index (χ0v) is 16.2. The fraction of sp³-hybridized carbons (Fsp3) is 0.304. The number of hydrogen-bond acceptors (Lipinski definition) is 3. The van der Waals surface area contributed by atoms with Crippen LogP contribution in [-0.2, 0) is 18.4 Å². The summed E-state index contributed by atoms with van der Waals surface area (Å²) in [6.45, 7) is 2.54. The second kappa shape index (κ2) is 7.89. The molecule has 1 aliphatic carbocycles. The van der Waals surface area contributed by atoms with E-state index in [0.29, 0.717) is 12.5 Å². The third-order valence-electron chi connectivity index (χ3n) is 5.25. The van der Waals surface area contributed by atoms with Gasteiger partial charge in [-0.1, -0.05) is 42.5 Å². The molecule has 144 valence electrons. The molecule has 5 heteroatoms. The smallest absolute Gasteiger partial charge is 0.224 e. The van der Waals surface area contributed by atoms with Gasteiger partial charge in [0.25, 0.3) is 0 Å². The highest BCUT2D eigenvalue weighted by Crippen LogP contribution is 2.47. The summed E-state index contributed by atoms with van der Waals surface area (Å²) in [6.07, 6.45) is 4.74. The van der Waals surface area contributed by atoms with Crippen LogP contribution in [0, 0.1) is 5.92 Å².